The Hall–Kier alpha value is -3.71. The van der Waals surface area contributed by atoms with Gasteiger partial charge in [-0.25, -0.2) is 4.39 Å². The van der Waals surface area contributed by atoms with Crippen LogP contribution in [-0.4, -0.2) is 59.8 Å². The van der Waals surface area contributed by atoms with Crippen LogP contribution in [0.2, 0.25) is 0 Å². The van der Waals surface area contributed by atoms with Crippen LogP contribution in [0.1, 0.15) is 33.7 Å². The highest BCUT2D eigenvalue weighted by Gasteiger charge is 2.31. The second kappa shape index (κ2) is 8.57. The predicted molar refractivity (Wildman–Crippen MR) is 132 cm³/mol. The Kier molecular flexibility index (Phi) is 5.57. The molecule has 1 aromatic heterocycles. The average molecular weight is 459 g/mol. The van der Waals surface area contributed by atoms with Gasteiger partial charge in [0.1, 0.15) is 5.82 Å². The van der Waals surface area contributed by atoms with E-state index in [0.717, 1.165) is 17.7 Å². The number of H-pyrrole nitrogens is 1. The third-order valence-electron chi connectivity index (χ3n) is 6.65. The topological polar surface area (TPSA) is 68.4 Å². The molecule has 34 heavy (non-hydrogen) atoms. The van der Waals surface area contributed by atoms with Gasteiger partial charge in [0, 0.05) is 36.1 Å². The molecule has 1 fully saturated rings. The number of halogens is 1. The summed E-state index contributed by atoms with van der Waals surface area (Å²) >= 11 is 0. The van der Waals surface area contributed by atoms with Gasteiger partial charge in [0.15, 0.2) is 0 Å². The normalized spacial score (nSPS) is 18.6. The van der Waals surface area contributed by atoms with E-state index in [1.165, 1.54) is 12.1 Å². The maximum Gasteiger partial charge on any atom is 0.256 e. The van der Waals surface area contributed by atoms with E-state index < -0.39 is 0 Å². The first kappa shape index (κ1) is 22.1. The first-order valence-corrected chi connectivity index (χ1v) is 11.4. The number of nitrogens with one attached hydrogen (secondary N) is 2. The number of hydrogen-bond acceptors (Lipinski definition) is 3. The maximum absolute atomic E-state index is 13.9. The molecule has 3 aromatic rings. The van der Waals surface area contributed by atoms with E-state index in [2.05, 4.69) is 15.2 Å². The fourth-order valence-electron chi connectivity index (χ4n) is 4.85. The Labute approximate surface area is 198 Å². The second-order valence-electron chi connectivity index (χ2n) is 9.19. The molecule has 7 heteroatoms. The van der Waals surface area contributed by atoms with Crippen molar-refractivity contribution in [2.45, 2.75) is 19.4 Å². The lowest BCUT2D eigenvalue weighted by atomic mass is 9.94. The molecule has 0 radical (unpaired) electrons. The zero-order chi connectivity index (χ0) is 24.0. The lowest BCUT2D eigenvalue weighted by molar-refractivity contribution is -0.110. The van der Waals surface area contributed by atoms with Crippen LogP contribution in [0.5, 0.6) is 0 Å². The summed E-state index contributed by atoms with van der Waals surface area (Å²) in [5, 5.41) is 2.91. The minimum atomic E-state index is -0.340. The van der Waals surface area contributed by atoms with Gasteiger partial charge in [-0.3, -0.25) is 9.59 Å². The number of aryl methyl sites for hydroxylation is 1. The van der Waals surface area contributed by atoms with Crippen molar-refractivity contribution in [1.82, 2.24) is 14.8 Å². The minimum absolute atomic E-state index is 0.0439. The van der Waals surface area contributed by atoms with Gasteiger partial charge in [-0.1, -0.05) is 24.3 Å². The molecule has 0 spiro atoms. The fraction of sp³-hybridized carbons (Fsp3) is 0.259. The van der Waals surface area contributed by atoms with Gasteiger partial charge in [0.25, 0.3) is 11.8 Å². The van der Waals surface area contributed by atoms with Crippen LogP contribution in [0.25, 0.3) is 22.8 Å². The van der Waals surface area contributed by atoms with E-state index in [4.69, 9.17) is 0 Å². The number of nitrogens with zero attached hydrogens (tertiary/aromatic N) is 2. The highest BCUT2D eigenvalue weighted by molar-refractivity contribution is 6.36. The third kappa shape index (κ3) is 3.92. The van der Waals surface area contributed by atoms with Crippen molar-refractivity contribution in [2.24, 2.45) is 0 Å². The molecule has 1 atom stereocenters. The number of aromatic amines is 1. The number of amides is 2. The van der Waals surface area contributed by atoms with Crippen molar-refractivity contribution in [2.75, 3.05) is 32.5 Å². The molecule has 0 bridgehead atoms. The maximum atomic E-state index is 13.9. The third-order valence-corrected chi connectivity index (χ3v) is 6.65. The number of hydrogen-bond donors (Lipinski definition) is 2. The fourth-order valence-corrected chi connectivity index (χ4v) is 4.85. The Balaban J connectivity index is 1.56. The molecule has 2 aromatic carbocycles. The molecular formula is C27H27FN4O2. The summed E-state index contributed by atoms with van der Waals surface area (Å²) in [4.78, 5) is 33.6. The smallest absolute Gasteiger partial charge is 0.256 e. The van der Waals surface area contributed by atoms with Crippen molar-refractivity contribution in [1.29, 1.82) is 0 Å². The molecule has 3 heterocycles. The van der Waals surface area contributed by atoms with E-state index >= 15 is 0 Å². The van der Waals surface area contributed by atoms with Gasteiger partial charge in [0.05, 0.1) is 16.8 Å². The number of aromatic nitrogens is 1. The predicted octanol–water partition coefficient (Wildman–Crippen LogP) is 4.40. The van der Waals surface area contributed by atoms with E-state index in [0.29, 0.717) is 52.8 Å². The summed E-state index contributed by atoms with van der Waals surface area (Å²) < 4.78 is 13.9. The first-order valence-electron chi connectivity index (χ1n) is 11.4. The number of fused-ring (bicyclic) bond motifs is 1. The summed E-state index contributed by atoms with van der Waals surface area (Å²) in [6.07, 6.45) is 2.68. The molecule has 0 unspecified atom stereocenters. The van der Waals surface area contributed by atoms with Crippen LogP contribution in [0.15, 0.2) is 48.5 Å². The van der Waals surface area contributed by atoms with Crippen molar-refractivity contribution in [3.8, 4) is 11.1 Å². The minimum Gasteiger partial charge on any atom is -0.358 e. The average Bonchev–Trinajstić information content (AvgIpc) is 3.51. The van der Waals surface area contributed by atoms with Gasteiger partial charge in [-0.2, -0.15) is 0 Å². The van der Waals surface area contributed by atoms with Crippen LogP contribution in [0.4, 0.5) is 10.1 Å². The van der Waals surface area contributed by atoms with Gasteiger partial charge in [0.2, 0.25) is 0 Å². The van der Waals surface area contributed by atoms with Crippen molar-refractivity contribution in [3.63, 3.8) is 0 Å². The molecule has 174 valence electrons. The number of carbonyl (C=O) groups excluding carboxylic acids is 2. The summed E-state index contributed by atoms with van der Waals surface area (Å²) in [5.41, 5.74) is 5.25. The SMILES string of the molecule is Cc1cc(C(=O)N2CC[C@H](N(C)C)C2)c(C=C2C(=O)Nc3cccc(-c4cccc(F)c4)c32)[nH]1. The van der Waals surface area contributed by atoms with Crippen molar-refractivity contribution < 1.29 is 14.0 Å². The largest absolute Gasteiger partial charge is 0.358 e. The number of benzene rings is 2. The summed E-state index contributed by atoms with van der Waals surface area (Å²) in [6, 6.07) is 14.0. The number of anilines is 1. The molecule has 6 nitrogen and oxygen atoms in total. The number of rotatable bonds is 4. The Bertz CT molecular complexity index is 1320. The van der Waals surface area contributed by atoms with Crippen LogP contribution in [0.3, 0.4) is 0 Å². The molecule has 2 aliphatic rings. The van der Waals surface area contributed by atoms with E-state index in [1.807, 2.05) is 56.3 Å². The summed E-state index contributed by atoms with van der Waals surface area (Å²) in [5.74, 6) is -0.636. The zero-order valence-electron chi connectivity index (χ0n) is 19.5. The van der Waals surface area contributed by atoms with Crippen LogP contribution >= 0.6 is 0 Å². The Morgan fingerprint density at radius 3 is 2.71 bits per heavy atom. The molecule has 0 aliphatic carbocycles. The lowest BCUT2D eigenvalue weighted by Crippen LogP contribution is -2.34. The van der Waals surface area contributed by atoms with Gasteiger partial charge < -0.3 is 20.1 Å². The van der Waals surface area contributed by atoms with E-state index in [9.17, 15) is 14.0 Å². The van der Waals surface area contributed by atoms with Gasteiger partial charge in [-0.05, 0) is 68.9 Å². The van der Waals surface area contributed by atoms with E-state index in [1.54, 1.807) is 12.1 Å². The lowest BCUT2D eigenvalue weighted by Gasteiger charge is -2.20. The van der Waals surface area contributed by atoms with Crippen molar-refractivity contribution >= 4 is 29.2 Å². The van der Waals surface area contributed by atoms with Crippen LogP contribution in [0, 0.1) is 12.7 Å². The first-order chi connectivity index (χ1) is 16.3. The van der Waals surface area contributed by atoms with Crippen LogP contribution < -0.4 is 5.32 Å². The summed E-state index contributed by atoms with van der Waals surface area (Å²) in [6.45, 7) is 3.28. The van der Waals surface area contributed by atoms with Gasteiger partial charge >= 0.3 is 0 Å². The van der Waals surface area contributed by atoms with Crippen molar-refractivity contribution in [3.05, 3.63) is 76.9 Å². The molecular weight excluding hydrogens is 431 g/mol. The molecule has 2 N–H and O–H groups in total. The molecule has 0 saturated carbocycles. The quantitative estimate of drug-likeness (QED) is 0.570. The number of likely N-dealkylation sites (tertiary alicyclic amines) is 1. The standard InChI is InChI=1S/C27H27FN4O2/c1-16-12-21(27(34)32-11-10-19(15-32)31(2)3)24(29-16)14-22-25-20(17-6-4-7-18(28)13-17)8-5-9-23(25)30-26(22)33/h4-9,12-14,19,29H,10-11,15H2,1-3H3,(H,30,33)/t19-/m0/s1. The number of likely N-dealkylation sites (N-methyl/N-ethyl adjacent to an activating group) is 1. The van der Waals surface area contributed by atoms with Gasteiger partial charge in [-0.15, -0.1) is 0 Å². The molecule has 2 aliphatic heterocycles. The highest BCUT2D eigenvalue weighted by Crippen LogP contribution is 2.40. The Morgan fingerprint density at radius 1 is 1.18 bits per heavy atom. The summed E-state index contributed by atoms with van der Waals surface area (Å²) in [7, 11) is 4.06. The number of carbonyl (C=O) groups is 2. The molecule has 1 saturated heterocycles. The van der Waals surface area contributed by atoms with E-state index in [-0.39, 0.29) is 17.6 Å². The molecule has 2 amide bonds. The Morgan fingerprint density at radius 2 is 1.97 bits per heavy atom. The monoisotopic (exact) mass is 458 g/mol. The highest BCUT2D eigenvalue weighted by atomic mass is 19.1. The second-order valence-corrected chi connectivity index (χ2v) is 9.19. The van der Waals surface area contributed by atoms with Crippen LogP contribution in [-0.2, 0) is 4.79 Å². The molecule has 5 rings (SSSR count). The zero-order valence-corrected chi connectivity index (χ0v) is 19.5.